The molecule has 0 bridgehead atoms. The topological polar surface area (TPSA) is 114 Å². The van der Waals surface area contributed by atoms with E-state index in [0.29, 0.717) is 0 Å². The molecule has 1 saturated carbocycles. The third-order valence-electron chi connectivity index (χ3n) is 2.96. The van der Waals surface area contributed by atoms with Crippen LogP contribution in [0, 0.1) is 10.1 Å². The molecule has 19 heavy (non-hydrogen) atoms. The highest BCUT2D eigenvalue weighted by Crippen LogP contribution is 2.20. The van der Waals surface area contributed by atoms with Crippen LogP contribution in [0.2, 0.25) is 0 Å². The molecule has 0 saturated heterocycles. The second-order valence-corrected chi connectivity index (χ2v) is 4.31. The number of nitro groups is 1. The Morgan fingerprint density at radius 1 is 1.47 bits per heavy atom. The van der Waals surface area contributed by atoms with Crippen LogP contribution in [0.4, 0.5) is 5.69 Å². The van der Waals surface area contributed by atoms with Crippen LogP contribution in [0.3, 0.4) is 0 Å². The summed E-state index contributed by atoms with van der Waals surface area (Å²) in [5.41, 5.74) is 0.774. The minimum absolute atomic E-state index is 0.0540. The maximum Gasteiger partial charge on any atom is 0.286 e. The van der Waals surface area contributed by atoms with E-state index < -0.39 is 16.4 Å². The Balaban J connectivity index is 2.07. The standard InChI is InChI=1S/C11H13N3O5/c15-10-9(5-7(6-12-10)14(17)18)11(16)13-19-8-3-1-2-4-8/h5-6,8H,1-4H2,(H,12,15)(H,13,16). The zero-order chi connectivity index (χ0) is 13.8. The van der Waals surface area contributed by atoms with Crippen LogP contribution < -0.4 is 11.0 Å². The van der Waals surface area contributed by atoms with Crippen molar-refractivity contribution in [2.24, 2.45) is 0 Å². The second kappa shape index (κ2) is 5.61. The van der Waals surface area contributed by atoms with Crippen molar-refractivity contribution in [3.05, 3.63) is 38.3 Å². The lowest BCUT2D eigenvalue weighted by atomic mass is 10.2. The number of hydroxylamine groups is 1. The predicted octanol–water partition coefficient (Wildman–Crippen LogP) is 0.887. The molecule has 1 aromatic rings. The van der Waals surface area contributed by atoms with Crippen molar-refractivity contribution in [3.8, 4) is 0 Å². The fourth-order valence-corrected chi connectivity index (χ4v) is 1.94. The number of rotatable bonds is 4. The fourth-order valence-electron chi connectivity index (χ4n) is 1.94. The highest BCUT2D eigenvalue weighted by atomic mass is 16.7. The third-order valence-corrected chi connectivity index (χ3v) is 2.96. The minimum atomic E-state index is -0.781. The number of carbonyl (C=O) groups excluding carboxylic acids is 1. The van der Waals surface area contributed by atoms with Crippen molar-refractivity contribution >= 4 is 11.6 Å². The van der Waals surface area contributed by atoms with Crippen LogP contribution in [-0.2, 0) is 4.84 Å². The van der Waals surface area contributed by atoms with Gasteiger partial charge in [-0.1, -0.05) is 12.8 Å². The maximum absolute atomic E-state index is 11.7. The molecule has 0 aromatic carbocycles. The molecule has 102 valence electrons. The molecule has 1 amide bonds. The van der Waals surface area contributed by atoms with Crippen molar-refractivity contribution in [3.63, 3.8) is 0 Å². The first-order valence-electron chi connectivity index (χ1n) is 5.91. The molecule has 1 aliphatic rings. The molecule has 1 aliphatic carbocycles. The number of amides is 1. The van der Waals surface area contributed by atoms with Gasteiger partial charge >= 0.3 is 0 Å². The molecular weight excluding hydrogens is 254 g/mol. The lowest BCUT2D eigenvalue weighted by Gasteiger charge is -2.10. The van der Waals surface area contributed by atoms with Gasteiger partial charge in [-0.05, 0) is 12.8 Å². The van der Waals surface area contributed by atoms with Gasteiger partial charge in [-0.25, -0.2) is 5.48 Å². The molecule has 2 rings (SSSR count). The second-order valence-electron chi connectivity index (χ2n) is 4.31. The van der Waals surface area contributed by atoms with E-state index >= 15 is 0 Å². The van der Waals surface area contributed by atoms with Crippen molar-refractivity contribution in [2.45, 2.75) is 31.8 Å². The Labute approximate surface area is 107 Å². The van der Waals surface area contributed by atoms with Gasteiger partial charge in [0, 0.05) is 6.07 Å². The molecule has 1 fully saturated rings. The van der Waals surface area contributed by atoms with Crippen LogP contribution in [0.25, 0.3) is 0 Å². The summed E-state index contributed by atoms with van der Waals surface area (Å²) in [5, 5.41) is 10.6. The Bertz CT molecular complexity index is 548. The van der Waals surface area contributed by atoms with E-state index in [0.717, 1.165) is 37.9 Å². The highest BCUT2D eigenvalue weighted by Gasteiger charge is 2.20. The molecule has 8 nitrogen and oxygen atoms in total. The van der Waals surface area contributed by atoms with Crippen LogP contribution >= 0.6 is 0 Å². The molecule has 1 aromatic heterocycles. The number of H-pyrrole nitrogens is 1. The quantitative estimate of drug-likeness (QED) is 0.621. The molecule has 2 N–H and O–H groups in total. The molecule has 0 radical (unpaired) electrons. The number of hydrogen-bond acceptors (Lipinski definition) is 5. The number of pyridine rings is 1. The molecule has 8 heteroatoms. The van der Waals surface area contributed by atoms with Gasteiger partial charge in [-0.15, -0.1) is 0 Å². The van der Waals surface area contributed by atoms with E-state index in [1.54, 1.807) is 0 Å². The molecule has 1 heterocycles. The Kier molecular flexibility index (Phi) is 3.91. The van der Waals surface area contributed by atoms with E-state index in [-0.39, 0.29) is 17.4 Å². The van der Waals surface area contributed by atoms with Gasteiger partial charge in [0.05, 0.1) is 17.2 Å². The summed E-state index contributed by atoms with van der Waals surface area (Å²) in [4.78, 5) is 40.3. The first kappa shape index (κ1) is 13.2. The van der Waals surface area contributed by atoms with Crippen molar-refractivity contribution in [1.29, 1.82) is 0 Å². The molecule has 0 aliphatic heterocycles. The summed E-state index contributed by atoms with van der Waals surface area (Å²) in [5.74, 6) is -0.781. The van der Waals surface area contributed by atoms with Crippen molar-refractivity contribution in [1.82, 2.24) is 10.5 Å². The lowest BCUT2D eigenvalue weighted by molar-refractivity contribution is -0.385. The van der Waals surface area contributed by atoms with E-state index in [1.165, 1.54) is 0 Å². The Hall–Kier alpha value is -2.22. The first-order valence-corrected chi connectivity index (χ1v) is 5.91. The highest BCUT2D eigenvalue weighted by molar-refractivity contribution is 5.93. The van der Waals surface area contributed by atoms with Gasteiger partial charge in [0.15, 0.2) is 0 Å². The predicted molar refractivity (Wildman–Crippen MR) is 64.5 cm³/mol. The van der Waals surface area contributed by atoms with Crippen LogP contribution in [0.5, 0.6) is 0 Å². The Morgan fingerprint density at radius 2 is 2.16 bits per heavy atom. The van der Waals surface area contributed by atoms with E-state index in [9.17, 15) is 19.7 Å². The van der Waals surface area contributed by atoms with Crippen LogP contribution in [-0.4, -0.2) is 21.9 Å². The summed E-state index contributed by atoms with van der Waals surface area (Å²) in [6.45, 7) is 0. The van der Waals surface area contributed by atoms with Gasteiger partial charge < -0.3 is 4.98 Å². The van der Waals surface area contributed by atoms with Gasteiger partial charge in [0.25, 0.3) is 17.2 Å². The van der Waals surface area contributed by atoms with Gasteiger partial charge in [-0.2, -0.15) is 0 Å². The van der Waals surface area contributed by atoms with Crippen LogP contribution in [0.1, 0.15) is 36.0 Å². The number of nitrogens with one attached hydrogen (secondary N) is 2. The average Bonchev–Trinajstić information content (AvgIpc) is 2.89. The first-order chi connectivity index (χ1) is 9.08. The van der Waals surface area contributed by atoms with E-state index in [4.69, 9.17) is 4.84 Å². The zero-order valence-electron chi connectivity index (χ0n) is 10.0. The maximum atomic E-state index is 11.7. The number of carbonyl (C=O) groups is 1. The summed E-state index contributed by atoms with van der Waals surface area (Å²) < 4.78 is 0. The van der Waals surface area contributed by atoms with E-state index in [2.05, 4.69) is 10.5 Å². The molecule has 0 spiro atoms. The monoisotopic (exact) mass is 267 g/mol. The smallest absolute Gasteiger partial charge is 0.286 e. The number of aromatic amines is 1. The summed E-state index contributed by atoms with van der Waals surface area (Å²) in [7, 11) is 0. The third kappa shape index (κ3) is 3.16. The normalized spacial score (nSPS) is 15.4. The summed E-state index contributed by atoms with van der Waals surface area (Å²) in [6, 6.07) is 0.923. The summed E-state index contributed by atoms with van der Waals surface area (Å²) >= 11 is 0. The molecule has 0 atom stereocenters. The minimum Gasteiger partial charge on any atom is -0.322 e. The fraction of sp³-hybridized carbons (Fsp3) is 0.455. The average molecular weight is 267 g/mol. The number of aromatic nitrogens is 1. The Morgan fingerprint density at radius 3 is 2.79 bits per heavy atom. The number of nitrogens with zero attached hydrogens (tertiary/aromatic N) is 1. The van der Waals surface area contributed by atoms with Crippen LogP contribution in [0.15, 0.2) is 17.1 Å². The number of hydrogen-bond donors (Lipinski definition) is 2. The SMILES string of the molecule is O=C(NOC1CCCC1)c1cc([N+](=O)[O-])c[nH]c1=O. The molecule has 0 unspecified atom stereocenters. The van der Waals surface area contributed by atoms with Crippen molar-refractivity contribution in [2.75, 3.05) is 0 Å². The van der Waals surface area contributed by atoms with Gasteiger partial charge in [0.2, 0.25) is 0 Å². The zero-order valence-corrected chi connectivity index (χ0v) is 10.0. The lowest BCUT2D eigenvalue weighted by Crippen LogP contribution is -2.32. The van der Waals surface area contributed by atoms with Crippen molar-refractivity contribution < 1.29 is 14.6 Å². The summed E-state index contributed by atoms with van der Waals surface area (Å²) in [6.07, 6.45) is 4.67. The van der Waals surface area contributed by atoms with Gasteiger partial charge in [0.1, 0.15) is 5.56 Å². The largest absolute Gasteiger partial charge is 0.322 e. The van der Waals surface area contributed by atoms with Gasteiger partial charge in [-0.3, -0.25) is 24.5 Å². The molecular formula is C11H13N3O5. The van der Waals surface area contributed by atoms with E-state index in [1.807, 2.05) is 0 Å².